The molecule has 1 N–H and O–H groups in total. The highest BCUT2D eigenvalue weighted by molar-refractivity contribution is 7.80. The van der Waals surface area contributed by atoms with Crippen molar-refractivity contribution in [2.45, 2.75) is 12.7 Å². The zero-order valence-corrected chi connectivity index (χ0v) is 19.5. The van der Waals surface area contributed by atoms with Gasteiger partial charge in [-0.3, -0.25) is 4.90 Å². The molecular weight excluding hydrogens is 455 g/mol. The predicted octanol–water partition coefficient (Wildman–Crippen LogP) is 4.25. The third-order valence-corrected chi connectivity index (χ3v) is 5.70. The molecule has 6 nitrogen and oxygen atoms in total. The second-order valence-corrected chi connectivity index (χ2v) is 7.96. The smallest absolute Gasteiger partial charge is 0.416 e. The Bertz CT molecular complexity index is 937. The van der Waals surface area contributed by atoms with Gasteiger partial charge >= 0.3 is 6.18 Å². The third-order valence-electron chi connectivity index (χ3n) is 5.34. The molecule has 1 aliphatic rings. The fourth-order valence-corrected chi connectivity index (χ4v) is 3.79. The van der Waals surface area contributed by atoms with Crippen LogP contribution in [0.3, 0.4) is 0 Å². The number of thiocarbonyl (C=S) groups is 1. The topological polar surface area (TPSA) is 46.2 Å². The van der Waals surface area contributed by atoms with Gasteiger partial charge < -0.3 is 24.4 Å². The van der Waals surface area contributed by atoms with Crippen molar-refractivity contribution in [3.8, 4) is 11.5 Å². The zero-order chi connectivity index (χ0) is 23.8. The van der Waals surface area contributed by atoms with Crippen molar-refractivity contribution >= 4 is 23.0 Å². The Morgan fingerprint density at radius 2 is 1.82 bits per heavy atom. The number of rotatable bonds is 8. The van der Waals surface area contributed by atoms with E-state index in [0.717, 1.165) is 37.3 Å². The molecule has 0 aliphatic carbocycles. The van der Waals surface area contributed by atoms with Crippen molar-refractivity contribution in [2.75, 3.05) is 58.9 Å². The summed E-state index contributed by atoms with van der Waals surface area (Å²) < 4.78 is 55.4. The number of halogens is 3. The summed E-state index contributed by atoms with van der Waals surface area (Å²) in [6.45, 7) is 4.83. The number of morpholine rings is 1. The minimum absolute atomic E-state index is 0.290. The second-order valence-electron chi connectivity index (χ2n) is 7.57. The molecule has 1 aliphatic heterocycles. The van der Waals surface area contributed by atoms with Crippen molar-refractivity contribution < 1.29 is 27.4 Å². The van der Waals surface area contributed by atoms with Crippen LogP contribution in [0.15, 0.2) is 42.5 Å². The number of hydrogen-bond donors (Lipinski definition) is 1. The number of methoxy groups -OCH3 is 2. The van der Waals surface area contributed by atoms with Crippen LogP contribution in [0, 0.1) is 0 Å². The molecule has 0 radical (unpaired) electrons. The van der Waals surface area contributed by atoms with Crippen LogP contribution in [0.25, 0.3) is 0 Å². The van der Waals surface area contributed by atoms with Crippen molar-refractivity contribution in [1.82, 2.24) is 9.80 Å². The highest BCUT2D eigenvalue weighted by Gasteiger charge is 2.30. The lowest BCUT2D eigenvalue weighted by Crippen LogP contribution is -2.44. The number of nitrogens with one attached hydrogen (secondary N) is 1. The average Bonchev–Trinajstić information content (AvgIpc) is 2.81. The Hall–Kier alpha value is -2.56. The van der Waals surface area contributed by atoms with E-state index < -0.39 is 11.7 Å². The van der Waals surface area contributed by atoms with Crippen molar-refractivity contribution in [2.24, 2.45) is 0 Å². The summed E-state index contributed by atoms with van der Waals surface area (Å²) in [7, 11) is 3.14. The second kappa shape index (κ2) is 11.5. The van der Waals surface area contributed by atoms with Crippen LogP contribution in [0.2, 0.25) is 0 Å². The van der Waals surface area contributed by atoms with Gasteiger partial charge in [0.2, 0.25) is 0 Å². The molecule has 0 bridgehead atoms. The minimum Gasteiger partial charge on any atom is -0.493 e. The van der Waals surface area contributed by atoms with Gasteiger partial charge in [0.05, 0.1) is 33.0 Å². The van der Waals surface area contributed by atoms with Crippen molar-refractivity contribution in [3.63, 3.8) is 0 Å². The number of benzene rings is 2. The molecule has 180 valence electrons. The van der Waals surface area contributed by atoms with Crippen LogP contribution in [0.1, 0.15) is 11.1 Å². The van der Waals surface area contributed by atoms with E-state index in [1.165, 1.54) is 6.07 Å². The average molecular weight is 484 g/mol. The summed E-state index contributed by atoms with van der Waals surface area (Å²) >= 11 is 5.60. The largest absolute Gasteiger partial charge is 0.493 e. The Morgan fingerprint density at radius 3 is 2.48 bits per heavy atom. The fourth-order valence-electron chi connectivity index (χ4n) is 3.51. The summed E-state index contributed by atoms with van der Waals surface area (Å²) in [5, 5.41) is 3.32. The third kappa shape index (κ3) is 7.21. The van der Waals surface area contributed by atoms with Crippen LogP contribution in [-0.4, -0.2) is 68.5 Å². The molecular formula is C23H28F3N3O3S. The first-order valence-electron chi connectivity index (χ1n) is 10.5. The molecule has 0 saturated carbocycles. The van der Waals surface area contributed by atoms with E-state index in [4.69, 9.17) is 26.4 Å². The predicted molar refractivity (Wildman–Crippen MR) is 125 cm³/mol. The Labute approximate surface area is 197 Å². The van der Waals surface area contributed by atoms with Crippen LogP contribution in [0.5, 0.6) is 11.5 Å². The molecule has 1 saturated heterocycles. The number of nitrogens with zero attached hydrogens (tertiary/aromatic N) is 2. The first kappa shape index (κ1) is 25.1. The van der Waals surface area contributed by atoms with E-state index >= 15 is 0 Å². The maximum atomic E-state index is 13.1. The monoisotopic (exact) mass is 483 g/mol. The summed E-state index contributed by atoms with van der Waals surface area (Å²) in [6, 6.07) is 10.6. The van der Waals surface area contributed by atoms with Crippen molar-refractivity contribution in [3.05, 3.63) is 53.6 Å². The number of hydrogen-bond acceptors (Lipinski definition) is 5. The molecule has 0 spiro atoms. The van der Waals surface area contributed by atoms with Crippen LogP contribution in [0.4, 0.5) is 18.9 Å². The normalized spacial score (nSPS) is 14.6. The lowest BCUT2D eigenvalue weighted by Gasteiger charge is -2.31. The molecule has 3 rings (SSSR count). The number of anilines is 1. The molecule has 0 amide bonds. The molecule has 0 atom stereocenters. The lowest BCUT2D eigenvalue weighted by atomic mass is 10.2. The van der Waals surface area contributed by atoms with E-state index in [1.54, 1.807) is 20.3 Å². The highest BCUT2D eigenvalue weighted by Crippen LogP contribution is 2.31. The van der Waals surface area contributed by atoms with E-state index in [-0.39, 0.29) is 0 Å². The van der Waals surface area contributed by atoms with Gasteiger partial charge in [0.1, 0.15) is 0 Å². The van der Waals surface area contributed by atoms with Crippen LogP contribution < -0.4 is 14.8 Å². The van der Waals surface area contributed by atoms with Gasteiger partial charge in [-0.1, -0.05) is 12.1 Å². The maximum Gasteiger partial charge on any atom is 0.416 e. The lowest BCUT2D eigenvalue weighted by molar-refractivity contribution is -0.137. The molecule has 2 aromatic rings. The Morgan fingerprint density at radius 1 is 1.09 bits per heavy atom. The molecule has 10 heteroatoms. The van der Waals surface area contributed by atoms with Gasteiger partial charge in [-0.15, -0.1) is 0 Å². The van der Waals surface area contributed by atoms with Gasteiger partial charge in [-0.05, 0) is 48.1 Å². The van der Waals surface area contributed by atoms with Gasteiger partial charge in [0.25, 0.3) is 0 Å². The maximum absolute atomic E-state index is 13.1. The molecule has 2 aromatic carbocycles. The number of alkyl halides is 3. The van der Waals surface area contributed by atoms with Crippen molar-refractivity contribution in [1.29, 1.82) is 0 Å². The molecule has 33 heavy (non-hydrogen) atoms. The van der Waals surface area contributed by atoms with E-state index in [1.807, 2.05) is 23.1 Å². The Kier molecular flexibility index (Phi) is 8.76. The van der Waals surface area contributed by atoms with Crippen LogP contribution in [-0.2, 0) is 17.5 Å². The summed E-state index contributed by atoms with van der Waals surface area (Å²) in [5.41, 5.74) is 0.497. The summed E-state index contributed by atoms with van der Waals surface area (Å²) in [6.07, 6.45) is -4.42. The first-order chi connectivity index (χ1) is 15.8. The molecule has 1 heterocycles. The van der Waals surface area contributed by atoms with Gasteiger partial charge in [-0.2, -0.15) is 13.2 Å². The molecule has 0 aromatic heterocycles. The number of ether oxygens (including phenoxy) is 3. The van der Waals surface area contributed by atoms with E-state index in [0.29, 0.717) is 48.6 Å². The first-order valence-corrected chi connectivity index (χ1v) is 10.9. The SMILES string of the molecule is COc1ccc(CN(CCN2CCOCC2)C(=S)Nc2cccc(C(F)(F)F)c2)cc1OC. The van der Waals surface area contributed by atoms with Gasteiger partial charge in [0.15, 0.2) is 16.6 Å². The molecule has 1 fully saturated rings. The van der Waals surface area contributed by atoms with E-state index in [2.05, 4.69) is 10.2 Å². The summed E-state index contributed by atoms with van der Waals surface area (Å²) in [4.78, 5) is 4.21. The quantitative estimate of drug-likeness (QED) is 0.563. The van der Waals surface area contributed by atoms with Crippen LogP contribution >= 0.6 is 12.2 Å². The van der Waals surface area contributed by atoms with Gasteiger partial charge in [0, 0.05) is 38.4 Å². The Balaban J connectivity index is 1.76. The fraction of sp³-hybridized carbons (Fsp3) is 0.435. The van der Waals surface area contributed by atoms with Gasteiger partial charge in [-0.25, -0.2) is 0 Å². The minimum atomic E-state index is -4.42. The zero-order valence-electron chi connectivity index (χ0n) is 18.7. The standard InChI is InChI=1S/C23H28F3N3O3S/c1-30-20-7-6-17(14-21(20)31-2)16-29(9-8-28-10-12-32-13-11-28)22(33)27-19-5-3-4-18(15-19)23(24,25)26/h3-7,14-15H,8-13,16H2,1-2H3,(H,27,33). The summed E-state index contributed by atoms with van der Waals surface area (Å²) in [5.74, 6) is 1.21. The van der Waals surface area contributed by atoms with E-state index in [9.17, 15) is 13.2 Å². The highest BCUT2D eigenvalue weighted by atomic mass is 32.1. The molecule has 0 unspecified atom stereocenters.